The Hall–Kier alpha value is -1.91. The van der Waals surface area contributed by atoms with Crippen LogP contribution in [-0.4, -0.2) is 6.16 Å². The molecule has 0 atom stereocenters. The van der Waals surface area contributed by atoms with Gasteiger partial charge in [-0.15, -0.1) is 0 Å². The van der Waals surface area contributed by atoms with E-state index in [2.05, 4.69) is 98.8 Å². The number of hydrogen-bond donors (Lipinski definition) is 0. The summed E-state index contributed by atoms with van der Waals surface area (Å²) in [6, 6.07) is 32.2. The van der Waals surface area contributed by atoms with Crippen LogP contribution in [0.2, 0.25) is 0 Å². The number of hydrogen-bond acceptors (Lipinski definition) is 0. The van der Waals surface area contributed by atoms with Gasteiger partial charge in [-0.3, -0.25) is 0 Å². The van der Waals surface area contributed by atoms with Crippen molar-refractivity contribution in [3.63, 3.8) is 0 Å². The van der Waals surface area contributed by atoms with Crippen LogP contribution in [0.25, 0.3) is 0 Å². The molecule has 0 nitrogen and oxygen atoms in total. The predicted molar refractivity (Wildman–Crippen MR) is 148 cm³/mol. The minimum absolute atomic E-state index is 1.29. The first-order chi connectivity index (χ1) is 15.8. The summed E-state index contributed by atoms with van der Waals surface area (Å²) in [5.74, 6) is 0. The molecule has 0 saturated carbocycles. The maximum atomic E-state index is 2.41. The SMILES string of the molecule is CCCCCCCCCCCC[PH](c1ccccc1)(c1ccccc1)c1ccc(C)cc1. The van der Waals surface area contributed by atoms with E-state index in [9.17, 15) is 0 Å². The molecule has 3 aromatic rings. The van der Waals surface area contributed by atoms with Gasteiger partial charge in [-0.25, -0.2) is 0 Å². The molecule has 0 saturated heterocycles. The van der Waals surface area contributed by atoms with Crippen LogP contribution in [0.1, 0.15) is 76.7 Å². The van der Waals surface area contributed by atoms with E-state index in [0.29, 0.717) is 0 Å². The van der Waals surface area contributed by atoms with Crippen molar-refractivity contribution < 1.29 is 0 Å². The van der Waals surface area contributed by atoms with Gasteiger partial charge in [-0.05, 0) is 0 Å². The van der Waals surface area contributed by atoms with Gasteiger partial charge in [0, 0.05) is 0 Å². The fourth-order valence-electron chi connectivity index (χ4n) is 5.09. The molecule has 3 rings (SSSR count). The van der Waals surface area contributed by atoms with E-state index in [1.165, 1.54) is 75.9 Å². The number of rotatable bonds is 14. The van der Waals surface area contributed by atoms with Crippen LogP contribution in [0, 0.1) is 6.92 Å². The van der Waals surface area contributed by atoms with Crippen molar-refractivity contribution >= 4 is 23.2 Å². The first-order valence-electron chi connectivity index (χ1n) is 13.0. The molecule has 1 heteroatoms. The van der Waals surface area contributed by atoms with Gasteiger partial charge >= 0.3 is 198 Å². The van der Waals surface area contributed by atoms with Crippen molar-refractivity contribution in [2.24, 2.45) is 0 Å². The van der Waals surface area contributed by atoms with E-state index in [0.717, 1.165) is 0 Å². The Morgan fingerprint density at radius 2 is 0.875 bits per heavy atom. The molecule has 0 aromatic heterocycles. The molecule has 0 bridgehead atoms. The molecule has 32 heavy (non-hydrogen) atoms. The Labute approximate surface area is 197 Å². The van der Waals surface area contributed by atoms with Crippen molar-refractivity contribution in [2.45, 2.75) is 78.1 Å². The van der Waals surface area contributed by atoms with Crippen molar-refractivity contribution in [1.82, 2.24) is 0 Å². The molecule has 3 aromatic carbocycles. The average molecular weight is 447 g/mol. The monoisotopic (exact) mass is 446 g/mol. The zero-order chi connectivity index (χ0) is 22.5. The summed E-state index contributed by atoms with van der Waals surface area (Å²) < 4.78 is 0. The molecule has 0 aliphatic carbocycles. The summed E-state index contributed by atoms with van der Waals surface area (Å²) in [6.07, 6.45) is 15.2. The van der Waals surface area contributed by atoms with Crippen LogP contribution >= 0.6 is 7.26 Å². The van der Waals surface area contributed by atoms with Crippen LogP contribution in [0.3, 0.4) is 0 Å². The fraction of sp³-hybridized carbons (Fsp3) is 0.419. The van der Waals surface area contributed by atoms with Crippen molar-refractivity contribution in [1.29, 1.82) is 0 Å². The number of unbranched alkanes of at least 4 members (excludes halogenated alkanes) is 9. The third kappa shape index (κ3) is 6.79. The molecule has 0 radical (unpaired) electrons. The maximum absolute atomic E-state index is 2.41. The van der Waals surface area contributed by atoms with Gasteiger partial charge in [-0.2, -0.15) is 0 Å². The van der Waals surface area contributed by atoms with E-state index >= 15 is 0 Å². The molecule has 0 aliphatic heterocycles. The molecule has 0 amide bonds. The standard InChI is InChI=1S/C31H43P/c1-3-4-5-6-7-8-9-10-11-18-27-32(29-19-14-12-15-20-29,30-21-16-13-17-22-30)31-25-23-28(2)24-26-31/h12-17,19-26,32H,3-11,18,27H2,1-2H3. The van der Waals surface area contributed by atoms with Crippen LogP contribution in [0.15, 0.2) is 84.9 Å². The molecule has 172 valence electrons. The summed E-state index contributed by atoms with van der Waals surface area (Å²) in [4.78, 5) is 0. The van der Waals surface area contributed by atoms with Gasteiger partial charge in [-0.1, -0.05) is 0 Å². The fourth-order valence-corrected chi connectivity index (χ4v) is 10.00. The van der Waals surface area contributed by atoms with Gasteiger partial charge in [0.25, 0.3) is 0 Å². The normalized spacial score (nSPS) is 12.1. The summed E-state index contributed by atoms with van der Waals surface area (Å²) in [5, 5.41) is 4.65. The second kappa shape index (κ2) is 13.6. The van der Waals surface area contributed by atoms with Gasteiger partial charge in [0.05, 0.1) is 0 Å². The first kappa shape index (κ1) is 24.7. The Bertz CT molecular complexity index is 828. The molecular formula is C31H43P. The van der Waals surface area contributed by atoms with Gasteiger partial charge in [0.2, 0.25) is 0 Å². The zero-order valence-electron chi connectivity index (χ0n) is 20.4. The third-order valence-electron chi connectivity index (χ3n) is 6.98. The minimum atomic E-state index is -2.04. The average Bonchev–Trinajstić information content (AvgIpc) is 2.85. The molecular weight excluding hydrogens is 403 g/mol. The van der Waals surface area contributed by atoms with Crippen molar-refractivity contribution in [3.05, 3.63) is 90.5 Å². The van der Waals surface area contributed by atoms with Crippen molar-refractivity contribution in [3.8, 4) is 0 Å². The van der Waals surface area contributed by atoms with Gasteiger partial charge in [0.15, 0.2) is 0 Å². The molecule has 0 spiro atoms. The Kier molecular flexibility index (Phi) is 10.5. The third-order valence-corrected chi connectivity index (χ3v) is 12.0. The van der Waals surface area contributed by atoms with E-state index in [1.807, 2.05) is 0 Å². The molecule has 0 N–H and O–H groups in total. The Balaban J connectivity index is 1.73. The first-order valence-corrected chi connectivity index (χ1v) is 15.2. The molecule has 0 fully saturated rings. The van der Waals surface area contributed by atoms with E-state index in [1.54, 1.807) is 15.9 Å². The topological polar surface area (TPSA) is 0 Å². The second-order valence-corrected chi connectivity index (χ2v) is 13.5. The van der Waals surface area contributed by atoms with Gasteiger partial charge in [0.1, 0.15) is 0 Å². The van der Waals surface area contributed by atoms with E-state index in [-0.39, 0.29) is 0 Å². The Morgan fingerprint density at radius 1 is 0.469 bits per heavy atom. The van der Waals surface area contributed by atoms with E-state index < -0.39 is 7.26 Å². The summed E-state index contributed by atoms with van der Waals surface area (Å²) in [5.41, 5.74) is 1.34. The molecule has 0 aliphatic rings. The summed E-state index contributed by atoms with van der Waals surface area (Å²) in [7, 11) is -2.04. The van der Waals surface area contributed by atoms with Crippen LogP contribution in [0.5, 0.6) is 0 Å². The molecule has 0 unspecified atom stereocenters. The van der Waals surface area contributed by atoms with Crippen LogP contribution in [0.4, 0.5) is 0 Å². The number of aryl methyl sites for hydroxylation is 1. The number of benzene rings is 3. The predicted octanol–water partition coefficient (Wildman–Crippen LogP) is 7.94. The van der Waals surface area contributed by atoms with Gasteiger partial charge < -0.3 is 0 Å². The van der Waals surface area contributed by atoms with Crippen LogP contribution in [-0.2, 0) is 0 Å². The quantitative estimate of drug-likeness (QED) is 0.174. The van der Waals surface area contributed by atoms with Crippen molar-refractivity contribution in [2.75, 3.05) is 6.16 Å². The second-order valence-electron chi connectivity index (χ2n) is 9.44. The van der Waals surface area contributed by atoms with E-state index in [4.69, 9.17) is 0 Å². The summed E-state index contributed by atoms with van der Waals surface area (Å²) in [6.45, 7) is 4.49. The molecule has 0 heterocycles. The Morgan fingerprint density at radius 3 is 1.34 bits per heavy atom. The zero-order valence-corrected chi connectivity index (χ0v) is 21.4. The summed E-state index contributed by atoms with van der Waals surface area (Å²) >= 11 is 0. The van der Waals surface area contributed by atoms with Crippen LogP contribution < -0.4 is 15.9 Å².